The smallest absolute Gasteiger partial charge is 0.255 e. The maximum atomic E-state index is 12.3. The number of amides is 1. The van der Waals surface area contributed by atoms with Crippen molar-refractivity contribution in [2.75, 3.05) is 32.5 Å². The number of piperidine rings is 1. The van der Waals surface area contributed by atoms with Gasteiger partial charge in [-0.3, -0.25) is 4.79 Å². The van der Waals surface area contributed by atoms with Gasteiger partial charge in [-0.25, -0.2) is 12.7 Å². The summed E-state index contributed by atoms with van der Waals surface area (Å²) in [5.41, 5.74) is 0.530. The molecule has 1 fully saturated rings. The minimum Gasteiger partial charge on any atom is -0.493 e. The molecule has 1 saturated heterocycles. The van der Waals surface area contributed by atoms with E-state index in [-0.39, 0.29) is 5.91 Å². The number of rotatable bonds is 6. The van der Waals surface area contributed by atoms with Crippen molar-refractivity contribution in [2.24, 2.45) is 5.92 Å². The lowest BCUT2D eigenvalue weighted by Gasteiger charge is -2.30. The van der Waals surface area contributed by atoms with E-state index in [2.05, 4.69) is 5.32 Å². The van der Waals surface area contributed by atoms with Gasteiger partial charge in [-0.15, -0.1) is 0 Å². The highest BCUT2D eigenvalue weighted by atomic mass is 32.2. The van der Waals surface area contributed by atoms with Gasteiger partial charge >= 0.3 is 0 Å². The molecular formula is C16H24N2O4S. The van der Waals surface area contributed by atoms with Crippen LogP contribution >= 0.6 is 0 Å². The van der Waals surface area contributed by atoms with Crippen LogP contribution < -0.4 is 10.1 Å². The summed E-state index contributed by atoms with van der Waals surface area (Å²) >= 11 is 0. The normalized spacial score (nSPS) is 17.0. The van der Waals surface area contributed by atoms with Crippen LogP contribution in [0, 0.1) is 5.92 Å². The number of hydrogen-bond acceptors (Lipinski definition) is 4. The lowest BCUT2D eigenvalue weighted by Crippen LogP contribution is -2.41. The summed E-state index contributed by atoms with van der Waals surface area (Å²) in [6, 6.07) is 7.17. The number of ether oxygens (including phenoxy) is 1. The molecule has 0 unspecified atom stereocenters. The second-order valence-corrected chi connectivity index (χ2v) is 7.73. The lowest BCUT2D eigenvalue weighted by atomic mass is 9.98. The molecule has 1 heterocycles. The molecule has 0 atom stereocenters. The Labute approximate surface area is 137 Å². The van der Waals surface area contributed by atoms with Crippen LogP contribution in [0.2, 0.25) is 0 Å². The first-order chi connectivity index (χ1) is 10.9. The van der Waals surface area contributed by atoms with Crippen molar-refractivity contribution in [3.05, 3.63) is 29.8 Å². The molecular weight excluding hydrogens is 316 g/mol. The summed E-state index contributed by atoms with van der Waals surface area (Å²) in [6.45, 7) is 3.99. The lowest BCUT2D eigenvalue weighted by molar-refractivity contribution is 0.0937. The van der Waals surface area contributed by atoms with E-state index in [1.807, 2.05) is 19.1 Å². The van der Waals surface area contributed by atoms with E-state index in [9.17, 15) is 13.2 Å². The number of hydrogen-bond donors (Lipinski definition) is 1. The van der Waals surface area contributed by atoms with E-state index >= 15 is 0 Å². The fraction of sp³-hybridized carbons (Fsp3) is 0.562. The maximum absolute atomic E-state index is 12.3. The Bertz CT molecular complexity index is 637. The molecule has 1 aliphatic rings. The first-order valence-electron chi connectivity index (χ1n) is 7.87. The third-order valence-electron chi connectivity index (χ3n) is 4.03. The van der Waals surface area contributed by atoms with Gasteiger partial charge in [-0.05, 0) is 37.8 Å². The van der Waals surface area contributed by atoms with E-state index in [4.69, 9.17) is 4.74 Å². The molecule has 1 amide bonds. The fourth-order valence-corrected chi connectivity index (χ4v) is 3.59. The second-order valence-electron chi connectivity index (χ2n) is 5.74. The van der Waals surface area contributed by atoms with Crippen LogP contribution in [-0.2, 0) is 10.0 Å². The van der Waals surface area contributed by atoms with E-state index in [0.29, 0.717) is 43.5 Å². The maximum Gasteiger partial charge on any atom is 0.255 e. The van der Waals surface area contributed by atoms with Gasteiger partial charge in [0.15, 0.2) is 0 Å². The number of benzene rings is 1. The van der Waals surface area contributed by atoms with Crippen LogP contribution in [0.1, 0.15) is 30.1 Å². The molecule has 6 nitrogen and oxygen atoms in total. The van der Waals surface area contributed by atoms with Crippen LogP contribution in [-0.4, -0.2) is 51.1 Å². The van der Waals surface area contributed by atoms with Crippen LogP contribution in [0.25, 0.3) is 0 Å². The Morgan fingerprint density at radius 1 is 1.30 bits per heavy atom. The van der Waals surface area contributed by atoms with E-state index in [0.717, 1.165) is 12.8 Å². The highest BCUT2D eigenvalue weighted by Crippen LogP contribution is 2.20. The zero-order valence-corrected chi connectivity index (χ0v) is 14.4. The molecule has 1 aromatic rings. The molecule has 0 aliphatic carbocycles. The molecule has 2 rings (SSSR count). The molecule has 1 N–H and O–H groups in total. The average Bonchev–Trinajstić information content (AvgIpc) is 2.53. The van der Waals surface area contributed by atoms with Crippen molar-refractivity contribution >= 4 is 15.9 Å². The number of nitrogens with zero attached hydrogens (tertiary/aromatic N) is 1. The van der Waals surface area contributed by atoms with E-state index in [1.165, 1.54) is 10.6 Å². The fourth-order valence-electron chi connectivity index (χ4n) is 2.71. The molecule has 0 spiro atoms. The summed E-state index contributed by atoms with van der Waals surface area (Å²) in [7, 11) is -3.11. The first-order valence-corrected chi connectivity index (χ1v) is 9.71. The molecule has 1 aromatic carbocycles. The monoisotopic (exact) mass is 340 g/mol. The van der Waals surface area contributed by atoms with Crippen molar-refractivity contribution in [3.63, 3.8) is 0 Å². The molecule has 0 bridgehead atoms. The molecule has 1 aliphatic heterocycles. The van der Waals surface area contributed by atoms with Crippen LogP contribution in [0.15, 0.2) is 24.3 Å². The zero-order valence-electron chi connectivity index (χ0n) is 13.6. The number of carbonyl (C=O) groups is 1. The largest absolute Gasteiger partial charge is 0.493 e. The molecule has 7 heteroatoms. The predicted octanol–water partition coefficient (Wildman–Crippen LogP) is 1.49. The minimum absolute atomic E-state index is 0.153. The number of nitrogens with one attached hydrogen (secondary N) is 1. The van der Waals surface area contributed by atoms with Gasteiger partial charge in [0.25, 0.3) is 5.91 Å². The Morgan fingerprint density at radius 2 is 1.96 bits per heavy atom. The Kier molecular flexibility index (Phi) is 6.01. The third-order valence-corrected chi connectivity index (χ3v) is 5.33. The summed E-state index contributed by atoms with van der Waals surface area (Å²) < 4.78 is 29.9. The summed E-state index contributed by atoms with van der Waals surface area (Å²) in [5, 5.41) is 2.93. The Hall–Kier alpha value is -1.60. The number of carbonyl (C=O) groups excluding carboxylic acids is 1. The quantitative estimate of drug-likeness (QED) is 0.851. The van der Waals surface area contributed by atoms with Gasteiger partial charge in [0.05, 0.1) is 18.4 Å². The van der Waals surface area contributed by atoms with Gasteiger partial charge in [-0.2, -0.15) is 0 Å². The molecule has 128 valence electrons. The highest BCUT2D eigenvalue weighted by Gasteiger charge is 2.25. The van der Waals surface area contributed by atoms with Crippen molar-refractivity contribution < 1.29 is 17.9 Å². The molecule has 0 saturated carbocycles. The highest BCUT2D eigenvalue weighted by molar-refractivity contribution is 7.88. The number of sulfonamides is 1. The van der Waals surface area contributed by atoms with Crippen molar-refractivity contribution in [2.45, 2.75) is 19.8 Å². The van der Waals surface area contributed by atoms with E-state index < -0.39 is 10.0 Å². The number of para-hydroxylation sites is 1. The molecule has 0 radical (unpaired) electrons. The summed E-state index contributed by atoms with van der Waals surface area (Å²) in [5.74, 6) is 0.732. The van der Waals surface area contributed by atoms with Crippen molar-refractivity contribution in [1.82, 2.24) is 9.62 Å². The van der Waals surface area contributed by atoms with Gasteiger partial charge in [0.2, 0.25) is 10.0 Å². The van der Waals surface area contributed by atoms with Gasteiger partial charge in [0, 0.05) is 19.6 Å². The standard InChI is InChI=1S/C16H24N2O4S/c1-3-22-15-7-5-4-6-14(15)16(19)17-12-13-8-10-18(11-9-13)23(2,20)21/h4-7,13H,3,8-12H2,1-2H3,(H,17,19). The van der Waals surface area contributed by atoms with Gasteiger partial charge in [-0.1, -0.05) is 12.1 Å². The summed E-state index contributed by atoms with van der Waals surface area (Å²) in [4.78, 5) is 12.3. The SMILES string of the molecule is CCOc1ccccc1C(=O)NCC1CCN(S(C)(=O)=O)CC1. The Balaban J connectivity index is 1.86. The third kappa shape index (κ3) is 4.94. The van der Waals surface area contributed by atoms with E-state index in [1.54, 1.807) is 12.1 Å². The molecule has 23 heavy (non-hydrogen) atoms. The topological polar surface area (TPSA) is 75.7 Å². The first kappa shape index (κ1) is 17.7. The minimum atomic E-state index is -3.11. The van der Waals surface area contributed by atoms with Crippen LogP contribution in [0.5, 0.6) is 5.75 Å². The van der Waals surface area contributed by atoms with Crippen molar-refractivity contribution in [1.29, 1.82) is 0 Å². The molecule has 0 aromatic heterocycles. The van der Waals surface area contributed by atoms with Crippen LogP contribution in [0.3, 0.4) is 0 Å². The van der Waals surface area contributed by atoms with Crippen LogP contribution in [0.4, 0.5) is 0 Å². The van der Waals surface area contributed by atoms with Gasteiger partial charge in [0.1, 0.15) is 5.75 Å². The zero-order chi connectivity index (χ0) is 16.9. The van der Waals surface area contributed by atoms with Crippen molar-refractivity contribution in [3.8, 4) is 5.75 Å². The predicted molar refractivity (Wildman–Crippen MR) is 89.1 cm³/mol. The van der Waals surface area contributed by atoms with Gasteiger partial charge < -0.3 is 10.1 Å². The average molecular weight is 340 g/mol. The summed E-state index contributed by atoms with van der Waals surface area (Å²) in [6.07, 6.45) is 2.76. The Morgan fingerprint density at radius 3 is 2.57 bits per heavy atom. The second kappa shape index (κ2) is 7.79.